The molecule has 0 saturated carbocycles. The van der Waals surface area contributed by atoms with E-state index in [0.717, 1.165) is 0 Å². The molecule has 0 aromatic heterocycles. The fraction of sp³-hybridized carbons (Fsp3) is 0.600. The maximum absolute atomic E-state index is 11.5. The van der Waals surface area contributed by atoms with Gasteiger partial charge in [-0.05, 0) is 0 Å². The molecule has 0 spiro atoms. The minimum Gasteiger partial charge on any atom is -0.393 e. The first-order valence-corrected chi connectivity index (χ1v) is 4.65. The molecule has 0 aliphatic carbocycles. The molecular weight excluding hydrogens is 184 g/mol. The van der Waals surface area contributed by atoms with Crippen molar-refractivity contribution in [1.82, 2.24) is 0 Å². The molecule has 4 unspecified atom stereocenters. The number of ether oxygens (including phenoxy) is 2. The van der Waals surface area contributed by atoms with Crippen LogP contribution in [0.1, 0.15) is 13.8 Å². The van der Waals surface area contributed by atoms with Gasteiger partial charge in [0.25, 0.3) is 0 Å². The van der Waals surface area contributed by atoms with Gasteiger partial charge in [0.05, 0.1) is 18.1 Å². The van der Waals surface area contributed by atoms with Crippen molar-refractivity contribution in [2.45, 2.75) is 26.1 Å². The van der Waals surface area contributed by atoms with Gasteiger partial charge in [0, 0.05) is 12.8 Å². The molecule has 4 atom stereocenters. The number of carbonyl (C=O) groups is 2. The lowest BCUT2D eigenvalue weighted by Gasteiger charge is -2.18. The van der Waals surface area contributed by atoms with E-state index < -0.39 is 11.9 Å². The van der Waals surface area contributed by atoms with Crippen molar-refractivity contribution in [2.75, 3.05) is 0 Å². The zero-order valence-corrected chi connectivity index (χ0v) is 8.10. The molecule has 2 bridgehead atoms. The molecule has 2 aliphatic heterocycles. The van der Waals surface area contributed by atoms with Gasteiger partial charge in [0.15, 0.2) is 0 Å². The average Bonchev–Trinajstić information content (AvgIpc) is 2.61. The predicted molar refractivity (Wildman–Crippen MR) is 47.2 cm³/mol. The first kappa shape index (κ1) is 9.40. The number of esters is 2. The third-order valence-corrected chi connectivity index (χ3v) is 2.76. The summed E-state index contributed by atoms with van der Waals surface area (Å²) in [7, 11) is 0. The standard InChI is InChI=1S/C10H12O4/c1-5-7-3-4-8(14-7)9(5)10(12)13-6(2)11/h3-5,7-9H,1-2H3. The summed E-state index contributed by atoms with van der Waals surface area (Å²) in [5.41, 5.74) is 0. The summed E-state index contributed by atoms with van der Waals surface area (Å²) in [6.07, 6.45) is 3.61. The maximum Gasteiger partial charge on any atom is 0.319 e. The SMILES string of the molecule is CC(=O)OC(=O)C1C2C=CC(O2)C1C. The van der Waals surface area contributed by atoms with E-state index in [-0.39, 0.29) is 24.0 Å². The van der Waals surface area contributed by atoms with Crippen molar-refractivity contribution in [3.63, 3.8) is 0 Å². The first-order chi connectivity index (χ1) is 6.59. The Morgan fingerprint density at radius 2 is 1.93 bits per heavy atom. The summed E-state index contributed by atoms with van der Waals surface area (Å²) in [5, 5.41) is 0. The molecule has 4 nitrogen and oxygen atoms in total. The molecule has 14 heavy (non-hydrogen) atoms. The quantitative estimate of drug-likeness (QED) is 0.351. The van der Waals surface area contributed by atoms with E-state index >= 15 is 0 Å². The maximum atomic E-state index is 11.5. The Morgan fingerprint density at radius 3 is 2.43 bits per heavy atom. The van der Waals surface area contributed by atoms with Crippen LogP contribution in [0.2, 0.25) is 0 Å². The number of rotatable bonds is 1. The van der Waals surface area contributed by atoms with Crippen LogP contribution in [-0.4, -0.2) is 24.1 Å². The second-order valence-corrected chi connectivity index (χ2v) is 3.75. The van der Waals surface area contributed by atoms with E-state index in [1.165, 1.54) is 6.92 Å². The van der Waals surface area contributed by atoms with Crippen LogP contribution in [-0.2, 0) is 19.1 Å². The Hall–Kier alpha value is -1.16. The van der Waals surface area contributed by atoms with Crippen molar-refractivity contribution in [3.8, 4) is 0 Å². The molecule has 0 N–H and O–H groups in total. The second-order valence-electron chi connectivity index (χ2n) is 3.75. The fourth-order valence-corrected chi connectivity index (χ4v) is 2.06. The molecule has 4 heteroatoms. The molecule has 0 radical (unpaired) electrons. The molecular formula is C10H12O4. The molecule has 0 amide bonds. The lowest BCUT2D eigenvalue weighted by molar-refractivity contribution is -0.162. The summed E-state index contributed by atoms with van der Waals surface area (Å²) in [4.78, 5) is 22.1. The van der Waals surface area contributed by atoms with Crippen LogP contribution in [0.3, 0.4) is 0 Å². The van der Waals surface area contributed by atoms with Gasteiger partial charge < -0.3 is 9.47 Å². The smallest absolute Gasteiger partial charge is 0.319 e. The van der Waals surface area contributed by atoms with E-state index in [2.05, 4.69) is 4.74 Å². The van der Waals surface area contributed by atoms with Crippen molar-refractivity contribution in [1.29, 1.82) is 0 Å². The molecule has 1 saturated heterocycles. The third kappa shape index (κ3) is 1.35. The van der Waals surface area contributed by atoms with Gasteiger partial charge in [-0.1, -0.05) is 19.1 Å². The zero-order valence-electron chi connectivity index (χ0n) is 8.10. The van der Waals surface area contributed by atoms with Crippen LogP contribution >= 0.6 is 0 Å². The Morgan fingerprint density at radius 1 is 1.29 bits per heavy atom. The number of hydrogen-bond donors (Lipinski definition) is 0. The predicted octanol–water partition coefficient (Wildman–Crippen LogP) is 0.666. The zero-order chi connectivity index (χ0) is 10.3. The Balaban J connectivity index is 2.08. The van der Waals surface area contributed by atoms with E-state index in [1.807, 2.05) is 19.1 Å². The lowest BCUT2D eigenvalue weighted by Crippen LogP contribution is -2.32. The van der Waals surface area contributed by atoms with Crippen LogP contribution in [0.15, 0.2) is 12.2 Å². The summed E-state index contributed by atoms with van der Waals surface area (Å²) >= 11 is 0. The molecule has 2 heterocycles. The van der Waals surface area contributed by atoms with Crippen LogP contribution in [0.25, 0.3) is 0 Å². The van der Waals surface area contributed by atoms with Gasteiger partial charge >= 0.3 is 11.9 Å². The number of carbonyl (C=O) groups excluding carboxylic acids is 2. The minimum absolute atomic E-state index is 0.00417. The topological polar surface area (TPSA) is 52.6 Å². The summed E-state index contributed by atoms with van der Waals surface area (Å²) in [6, 6.07) is 0. The average molecular weight is 196 g/mol. The van der Waals surface area contributed by atoms with Gasteiger partial charge in [0.2, 0.25) is 0 Å². The highest BCUT2D eigenvalue weighted by Crippen LogP contribution is 2.39. The monoisotopic (exact) mass is 196 g/mol. The van der Waals surface area contributed by atoms with Gasteiger partial charge in [0.1, 0.15) is 0 Å². The van der Waals surface area contributed by atoms with Gasteiger partial charge in [-0.3, -0.25) is 9.59 Å². The molecule has 0 aromatic carbocycles. The van der Waals surface area contributed by atoms with Gasteiger partial charge in [-0.25, -0.2) is 0 Å². The highest BCUT2D eigenvalue weighted by Gasteiger charge is 2.48. The van der Waals surface area contributed by atoms with Crippen LogP contribution in [0.5, 0.6) is 0 Å². The van der Waals surface area contributed by atoms with Gasteiger partial charge in [-0.2, -0.15) is 0 Å². The van der Waals surface area contributed by atoms with E-state index in [0.29, 0.717) is 0 Å². The molecule has 1 fully saturated rings. The lowest BCUT2D eigenvalue weighted by atomic mass is 9.84. The largest absolute Gasteiger partial charge is 0.393 e. The van der Waals surface area contributed by atoms with Gasteiger partial charge in [-0.15, -0.1) is 0 Å². The van der Waals surface area contributed by atoms with Crippen molar-refractivity contribution < 1.29 is 19.1 Å². The highest BCUT2D eigenvalue weighted by molar-refractivity contribution is 5.86. The molecule has 2 aliphatic rings. The highest BCUT2D eigenvalue weighted by atomic mass is 16.6. The minimum atomic E-state index is -0.561. The Bertz CT molecular complexity index is 307. The van der Waals surface area contributed by atoms with Crippen LogP contribution < -0.4 is 0 Å². The third-order valence-electron chi connectivity index (χ3n) is 2.76. The van der Waals surface area contributed by atoms with Crippen LogP contribution in [0.4, 0.5) is 0 Å². The number of fused-ring (bicyclic) bond motifs is 2. The first-order valence-electron chi connectivity index (χ1n) is 4.65. The van der Waals surface area contributed by atoms with Crippen molar-refractivity contribution in [3.05, 3.63) is 12.2 Å². The fourth-order valence-electron chi connectivity index (χ4n) is 2.06. The molecule has 0 aromatic rings. The van der Waals surface area contributed by atoms with Crippen molar-refractivity contribution in [2.24, 2.45) is 11.8 Å². The second kappa shape index (κ2) is 3.20. The molecule has 2 rings (SSSR count). The van der Waals surface area contributed by atoms with E-state index in [4.69, 9.17) is 4.74 Å². The van der Waals surface area contributed by atoms with E-state index in [9.17, 15) is 9.59 Å². The summed E-state index contributed by atoms with van der Waals surface area (Å²) in [5.74, 6) is -1.26. The van der Waals surface area contributed by atoms with Crippen molar-refractivity contribution >= 4 is 11.9 Å². The normalized spacial score (nSPS) is 38.7. The van der Waals surface area contributed by atoms with E-state index in [1.54, 1.807) is 0 Å². The summed E-state index contributed by atoms with van der Waals surface area (Å²) in [6.45, 7) is 3.16. The summed E-state index contributed by atoms with van der Waals surface area (Å²) < 4.78 is 10.0. The number of hydrogen-bond acceptors (Lipinski definition) is 4. The Labute approximate surface area is 81.9 Å². The van der Waals surface area contributed by atoms with Crippen LogP contribution in [0, 0.1) is 11.8 Å². The molecule has 76 valence electrons. The Kier molecular flexibility index (Phi) is 2.15.